The molecule has 0 bridgehead atoms. The van der Waals surface area contributed by atoms with Crippen LogP contribution in [-0.4, -0.2) is 22.2 Å². The number of aromatic nitrogens is 1. The highest BCUT2D eigenvalue weighted by atomic mass is 32.1. The number of amides is 1. The Labute approximate surface area is 135 Å². The van der Waals surface area contributed by atoms with E-state index in [1.54, 1.807) is 12.1 Å². The Hall–Kier alpha value is -2.93. The highest BCUT2D eigenvalue weighted by Crippen LogP contribution is 2.22. The molecule has 1 amide bonds. The van der Waals surface area contributed by atoms with Crippen LogP contribution < -0.4 is 5.32 Å². The minimum Gasteiger partial charge on any atom is -0.478 e. The minimum atomic E-state index is -1.12. The normalized spacial score (nSPS) is 10.4. The minimum absolute atomic E-state index is 0.00411. The first-order chi connectivity index (χ1) is 11.1. The van der Waals surface area contributed by atoms with Gasteiger partial charge in [0.1, 0.15) is 11.6 Å². The molecule has 0 aliphatic carbocycles. The lowest BCUT2D eigenvalue weighted by Crippen LogP contribution is -2.15. The van der Waals surface area contributed by atoms with Crippen LogP contribution in [0.1, 0.15) is 15.4 Å². The highest BCUT2D eigenvalue weighted by molar-refractivity contribution is 7.18. The largest absolute Gasteiger partial charge is 0.478 e. The van der Waals surface area contributed by atoms with E-state index in [0.717, 1.165) is 10.2 Å². The Balaban J connectivity index is 1.65. The summed E-state index contributed by atoms with van der Waals surface area (Å²) in [6, 6.07) is 13.8. The van der Waals surface area contributed by atoms with E-state index in [1.165, 1.54) is 23.5 Å². The molecular weight excluding hydrogens is 316 g/mol. The maximum Gasteiger partial charge on any atom is 0.412 e. The lowest BCUT2D eigenvalue weighted by molar-refractivity contribution is 0.0698. The summed E-state index contributed by atoms with van der Waals surface area (Å²) in [5, 5.41) is 12.2. The van der Waals surface area contributed by atoms with Gasteiger partial charge in [-0.3, -0.25) is 5.32 Å². The molecule has 0 saturated heterocycles. The zero-order valence-corrected chi connectivity index (χ0v) is 12.7. The number of carbonyl (C=O) groups is 2. The van der Waals surface area contributed by atoms with Gasteiger partial charge in [-0.25, -0.2) is 14.6 Å². The summed E-state index contributed by atoms with van der Waals surface area (Å²) in [6.45, 7) is 0.0282. The molecule has 0 aliphatic rings. The number of rotatable bonds is 4. The number of hydrogen-bond donors (Lipinski definition) is 2. The summed E-state index contributed by atoms with van der Waals surface area (Å²) in [7, 11) is 0. The number of para-hydroxylation sites is 2. The van der Waals surface area contributed by atoms with Crippen molar-refractivity contribution in [3.8, 4) is 0 Å². The van der Waals surface area contributed by atoms with E-state index in [9.17, 15) is 9.59 Å². The van der Waals surface area contributed by atoms with Gasteiger partial charge in [-0.15, -0.1) is 11.3 Å². The standard InChI is InChI=1S/C16H12N2O4S/c19-15(20)10-5-1-2-6-11(10)18-16(21)22-9-14-17-12-7-3-4-8-13(12)23-14/h1-8H,9H2,(H,18,21)(H,19,20). The molecule has 0 fully saturated rings. The van der Waals surface area contributed by atoms with Gasteiger partial charge in [0.2, 0.25) is 0 Å². The first kappa shape index (κ1) is 15.0. The van der Waals surface area contributed by atoms with E-state index < -0.39 is 12.1 Å². The third-order valence-corrected chi connectivity index (χ3v) is 4.07. The van der Waals surface area contributed by atoms with Crippen molar-refractivity contribution in [2.24, 2.45) is 0 Å². The van der Waals surface area contributed by atoms with Gasteiger partial charge in [0, 0.05) is 0 Å². The molecule has 23 heavy (non-hydrogen) atoms. The fraction of sp³-hybridized carbons (Fsp3) is 0.0625. The molecule has 2 aromatic carbocycles. The molecule has 116 valence electrons. The number of aromatic carboxylic acids is 1. The van der Waals surface area contributed by atoms with E-state index >= 15 is 0 Å². The van der Waals surface area contributed by atoms with Crippen molar-refractivity contribution < 1.29 is 19.4 Å². The number of anilines is 1. The van der Waals surface area contributed by atoms with Crippen LogP contribution in [0.5, 0.6) is 0 Å². The fourth-order valence-electron chi connectivity index (χ4n) is 2.03. The van der Waals surface area contributed by atoms with Crippen LogP contribution in [-0.2, 0) is 11.3 Å². The third kappa shape index (κ3) is 3.46. The Morgan fingerprint density at radius 2 is 1.87 bits per heavy atom. The number of carboxylic acids is 1. The van der Waals surface area contributed by atoms with Crippen LogP contribution in [0.3, 0.4) is 0 Å². The Bertz CT molecular complexity index is 842. The average molecular weight is 328 g/mol. The Morgan fingerprint density at radius 3 is 2.65 bits per heavy atom. The summed E-state index contributed by atoms with van der Waals surface area (Å²) in [6.07, 6.45) is -0.724. The second-order valence-electron chi connectivity index (χ2n) is 4.63. The Kier molecular flexibility index (Phi) is 4.20. The summed E-state index contributed by atoms with van der Waals surface area (Å²) in [4.78, 5) is 27.3. The molecule has 6 nitrogen and oxygen atoms in total. The van der Waals surface area contributed by atoms with Gasteiger partial charge in [0.05, 0.1) is 21.5 Å². The first-order valence-corrected chi connectivity index (χ1v) is 7.55. The number of ether oxygens (including phenoxy) is 1. The molecule has 1 heterocycles. The Morgan fingerprint density at radius 1 is 1.13 bits per heavy atom. The molecule has 3 rings (SSSR count). The topological polar surface area (TPSA) is 88.5 Å². The van der Waals surface area contributed by atoms with E-state index in [4.69, 9.17) is 9.84 Å². The zero-order chi connectivity index (χ0) is 16.2. The van der Waals surface area contributed by atoms with Gasteiger partial charge in [0.15, 0.2) is 0 Å². The number of hydrogen-bond acceptors (Lipinski definition) is 5. The van der Waals surface area contributed by atoms with E-state index in [2.05, 4.69) is 10.3 Å². The lowest BCUT2D eigenvalue weighted by atomic mass is 10.2. The van der Waals surface area contributed by atoms with Crippen molar-refractivity contribution in [2.75, 3.05) is 5.32 Å². The quantitative estimate of drug-likeness (QED) is 0.761. The number of fused-ring (bicyclic) bond motifs is 1. The summed E-state index contributed by atoms with van der Waals surface area (Å²) < 4.78 is 6.12. The lowest BCUT2D eigenvalue weighted by Gasteiger charge is -2.08. The third-order valence-electron chi connectivity index (χ3n) is 3.06. The number of carbonyl (C=O) groups excluding carboxylic acids is 1. The first-order valence-electron chi connectivity index (χ1n) is 6.74. The second-order valence-corrected chi connectivity index (χ2v) is 5.74. The van der Waals surface area contributed by atoms with Crippen LogP contribution in [0.2, 0.25) is 0 Å². The highest BCUT2D eigenvalue weighted by Gasteiger charge is 2.13. The molecule has 3 aromatic rings. The molecule has 0 unspecified atom stereocenters. The molecule has 0 atom stereocenters. The van der Waals surface area contributed by atoms with Crippen LogP contribution in [0.4, 0.5) is 10.5 Å². The molecule has 2 N–H and O–H groups in total. The summed E-state index contributed by atoms with van der Waals surface area (Å²) in [5.74, 6) is -1.12. The molecule has 0 saturated carbocycles. The molecule has 7 heteroatoms. The SMILES string of the molecule is O=C(Nc1ccccc1C(=O)O)OCc1nc2ccccc2s1. The van der Waals surface area contributed by atoms with Gasteiger partial charge in [-0.1, -0.05) is 24.3 Å². The van der Waals surface area contributed by atoms with E-state index in [1.807, 2.05) is 24.3 Å². The van der Waals surface area contributed by atoms with E-state index in [0.29, 0.717) is 5.01 Å². The number of carboxylic acid groups (broad SMARTS) is 1. The predicted molar refractivity (Wildman–Crippen MR) is 86.8 cm³/mol. The van der Waals surface area contributed by atoms with Gasteiger partial charge in [-0.05, 0) is 24.3 Å². The number of nitrogens with zero attached hydrogens (tertiary/aromatic N) is 1. The van der Waals surface area contributed by atoms with Gasteiger partial charge < -0.3 is 9.84 Å². The van der Waals surface area contributed by atoms with Crippen LogP contribution in [0.25, 0.3) is 10.2 Å². The molecule has 0 radical (unpaired) electrons. The van der Waals surface area contributed by atoms with Crippen molar-refractivity contribution in [2.45, 2.75) is 6.61 Å². The number of nitrogens with one attached hydrogen (secondary N) is 1. The maximum absolute atomic E-state index is 11.8. The van der Waals surface area contributed by atoms with Crippen molar-refractivity contribution in [3.05, 3.63) is 59.1 Å². The molecule has 1 aromatic heterocycles. The predicted octanol–water partition coefficient (Wildman–Crippen LogP) is 3.74. The van der Waals surface area contributed by atoms with E-state index in [-0.39, 0.29) is 17.9 Å². The smallest absolute Gasteiger partial charge is 0.412 e. The van der Waals surface area contributed by atoms with Crippen molar-refractivity contribution >= 4 is 39.3 Å². The van der Waals surface area contributed by atoms with Gasteiger partial charge in [0.25, 0.3) is 0 Å². The van der Waals surface area contributed by atoms with Crippen LogP contribution in [0, 0.1) is 0 Å². The summed E-state index contributed by atoms with van der Waals surface area (Å²) >= 11 is 1.44. The average Bonchev–Trinajstić information content (AvgIpc) is 2.96. The van der Waals surface area contributed by atoms with Crippen molar-refractivity contribution in [3.63, 3.8) is 0 Å². The monoisotopic (exact) mass is 328 g/mol. The fourth-order valence-corrected chi connectivity index (χ4v) is 2.91. The van der Waals surface area contributed by atoms with Crippen molar-refractivity contribution in [1.82, 2.24) is 4.98 Å². The van der Waals surface area contributed by atoms with Gasteiger partial charge >= 0.3 is 12.1 Å². The number of thiazole rings is 1. The maximum atomic E-state index is 11.8. The van der Waals surface area contributed by atoms with Gasteiger partial charge in [-0.2, -0.15) is 0 Å². The van der Waals surface area contributed by atoms with Crippen molar-refractivity contribution in [1.29, 1.82) is 0 Å². The molecule has 0 spiro atoms. The van der Waals surface area contributed by atoms with Crippen LogP contribution in [0.15, 0.2) is 48.5 Å². The number of benzene rings is 2. The molecular formula is C16H12N2O4S. The van der Waals surface area contributed by atoms with Crippen LogP contribution >= 0.6 is 11.3 Å². The summed E-state index contributed by atoms with van der Waals surface area (Å²) in [5.41, 5.74) is 1.05. The zero-order valence-electron chi connectivity index (χ0n) is 11.9. The second kappa shape index (κ2) is 6.45. The molecule has 0 aliphatic heterocycles.